The molecular weight excluding hydrogens is 332 g/mol. The number of nitrogens with one attached hydrogen (secondary N) is 1. The van der Waals surface area contributed by atoms with Crippen molar-refractivity contribution in [2.45, 2.75) is 50.7 Å². The topological polar surface area (TPSA) is 131 Å². The molecule has 138 valence electrons. The molecule has 0 aliphatic carbocycles. The van der Waals surface area contributed by atoms with Crippen molar-refractivity contribution in [3.63, 3.8) is 0 Å². The van der Waals surface area contributed by atoms with Gasteiger partial charge in [0.25, 0.3) is 5.56 Å². The van der Waals surface area contributed by atoms with Gasteiger partial charge in [-0.25, -0.2) is 4.79 Å². The molecule has 0 bridgehead atoms. The third kappa shape index (κ3) is 4.88. The number of aliphatic hydroxyl groups is 2. The fraction of sp³-hybridized carbons (Fsp3) is 0.562. The van der Waals surface area contributed by atoms with Crippen LogP contribution in [-0.4, -0.2) is 50.7 Å². The van der Waals surface area contributed by atoms with Crippen molar-refractivity contribution in [3.05, 3.63) is 45.3 Å². The zero-order chi connectivity index (χ0) is 18.4. The van der Waals surface area contributed by atoms with Gasteiger partial charge in [0.05, 0.1) is 0 Å². The Morgan fingerprint density at radius 1 is 1.36 bits per heavy atom. The summed E-state index contributed by atoms with van der Waals surface area (Å²) in [6, 6.07) is 1.10. The van der Waals surface area contributed by atoms with E-state index in [1.54, 1.807) is 0 Å². The number of aliphatic hydroxyl groups excluding tert-OH is 2. The quantitative estimate of drug-likeness (QED) is 0.442. The molecule has 1 aliphatic rings. The molecule has 1 saturated heterocycles. The molecule has 0 amide bonds. The summed E-state index contributed by atoms with van der Waals surface area (Å²) in [5.41, 5.74) is -1.36. The Morgan fingerprint density at radius 2 is 2.12 bits per heavy atom. The minimum atomic E-state index is -1.40. The molecule has 1 aliphatic heterocycles. The fourth-order valence-corrected chi connectivity index (χ4v) is 2.46. The number of carbonyl (C=O) groups is 1. The smallest absolute Gasteiger partial charge is 0.330 e. The van der Waals surface area contributed by atoms with Crippen LogP contribution in [0.25, 0.3) is 0 Å². The third-order valence-corrected chi connectivity index (χ3v) is 3.79. The number of hydrogen-bond donors (Lipinski definition) is 3. The van der Waals surface area contributed by atoms with Gasteiger partial charge in [-0.3, -0.25) is 19.1 Å². The molecule has 25 heavy (non-hydrogen) atoms. The molecule has 1 aromatic heterocycles. The minimum absolute atomic E-state index is 0.199. The van der Waals surface area contributed by atoms with E-state index in [1.165, 1.54) is 0 Å². The number of hydrogen-bond acceptors (Lipinski definition) is 7. The zero-order valence-corrected chi connectivity index (χ0v) is 13.8. The van der Waals surface area contributed by atoms with Crippen LogP contribution in [0.3, 0.4) is 0 Å². The Kier molecular flexibility index (Phi) is 6.68. The van der Waals surface area contributed by atoms with Gasteiger partial charge in [0, 0.05) is 18.7 Å². The van der Waals surface area contributed by atoms with Gasteiger partial charge in [-0.2, -0.15) is 0 Å². The van der Waals surface area contributed by atoms with Crippen LogP contribution in [0.15, 0.2) is 34.0 Å². The first-order chi connectivity index (χ1) is 11.9. The van der Waals surface area contributed by atoms with E-state index in [1.807, 2.05) is 24.1 Å². The molecule has 0 saturated carbocycles. The number of carbonyl (C=O) groups excluding carboxylic acids is 1. The molecule has 0 spiro atoms. The van der Waals surface area contributed by atoms with Crippen molar-refractivity contribution in [2.75, 3.05) is 6.61 Å². The van der Waals surface area contributed by atoms with E-state index in [-0.39, 0.29) is 13.0 Å². The average molecular weight is 354 g/mol. The van der Waals surface area contributed by atoms with E-state index in [0.29, 0.717) is 6.42 Å². The molecule has 0 radical (unpaired) electrons. The number of aromatic nitrogens is 2. The lowest BCUT2D eigenvalue weighted by Gasteiger charge is -2.16. The van der Waals surface area contributed by atoms with Crippen LogP contribution in [0.4, 0.5) is 0 Å². The first kappa shape index (κ1) is 19.1. The first-order valence-electron chi connectivity index (χ1n) is 8.07. The number of aromatic amines is 1. The highest BCUT2D eigenvalue weighted by molar-refractivity contribution is 5.69. The first-order valence-corrected chi connectivity index (χ1v) is 8.07. The van der Waals surface area contributed by atoms with Gasteiger partial charge in [0.2, 0.25) is 0 Å². The van der Waals surface area contributed by atoms with Crippen LogP contribution in [0, 0.1) is 0 Å². The average Bonchev–Trinajstić information content (AvgIpc) is 2.85. The number of esters is 1. The molecule has 9 heteroatoms. The van der Waals surface area contributed by atoms with Crippen LogP contribution in [0.1, 0.15) is 32.4 Å². The molecule has 4 atom stereocenters. The van der Waals surface area contributed by atoms with Crippen LogP contribution in [0.5, 0.6) is 0 Å². The van der Waals surface area contributed by atoms with E-state index in [2.05, 4.69) is 0 Å². The maximum atomic E-state index is 11.8. The van der Waals surface area contributed by atoms with Gasteiger partial charge >= 0.3 is 11.7 Å². The summed E-state index contributed by atoms with van der Waals surface area (Å²) in [5.74, 6) is -0.448. The van der Waals surface area contributed by atoms with Crippen molar-refractivity contribution in [1.82, 2.24) is 9.55 Å². The molecule has 2 heterocycles. The maximum absolute atomic E-state index is 11.8. The normalized spacial score (nSPS) is 26.2. The second kappa shape index (κ2) is 8.75. The molecule has 3 N–H and O–H groups in total. The molecule has 2 rings (SSSR count). The van der Waals surface area contributed by atoms with Crippen molar-refractivity contribution < 1.29 is 24.5 Å². The predicted molar refractivity (Wildman–Crippen MR) is 86.9 cm³/mol. The Balaban J connectivity index is 1.93. The Labute approximate surface area is 143 Å². The number of nitrogens with zero attached hydrogens (tertiary/aromatic N) is 1. The molecule has 0 aromatic carbocycles. The minimum Gasteiger partial charge on any atom is -0.463 e. The van der Waals surface area contributed by atoms with E-state index in [4.69, 9.17) is 9.47 Å². The summed E-state index contributed by atoms with van der Waals surface area (Å²) >= 11 is 0. The predicted octanol–water partition coefficient (Wildman–Crippen LogP) is -0.555. The molecular formula is C16H22N2O7. The Morgan fingerprint density at radius 3 is 2.80 bits per heavy atom. The SMILES string of the molecule is CC/C=C\CCC(=O)OCC1O[C@@H](n2ccc(=O)[nH]c2=O)[C@H](O)[C@@H]1O. The van der Waals surface area contributed by atoms with Crippen molar-refractivity contribution in [3.8, 4) is 0 Å². The summed E-state index contributed by atoms with van der Waals surface area (Å²) in [6.45, 7) is 1.74. The molecule has 1 unspecified atom stereocenters. The van der Waals surface area contributed by atoms with Gasteiger partial charge < -0.3 is 19.7 Å². The van der Waals surface area contributed by atoms with E-state index < -0.39 is 41.8 Å². The van der Waals surface area contributed by atoms with Gasteiger partial charge in [-0.05, 0) is 12.8 Å². The second-order valence-electron chi connectivity index (χ2n) is 5.67. The summed E-state index contributed by atoms with van der Waals surface area (Å²) in [5, 5.41) is 20.1. The summed E-state index contributed by atoms with van der Waals surface area (Å²) in [6.07, 6.45) is 1.73. The highest BCUT2D eigenvalue weighted by Gasteiger charge is 2.44. The summed E-state index contributed by atoms with van der Waals surface area (Å²) < 4.78 is 11.4. The molecule has 9 nitrogen and oxygen atoms in total. The van der Waals surface area contributed by atoms with Crippen LogP contribution in [-0.2, 0) is 14.3 Å². The standard InChI is InChI=1S/C16H22N2O7/c1-2-3-4-5-6-12(20)24-9-10-13(21)14(22)15(25-10)18-8-7-11(19)17-16(18)23/h3-4,7-8,10,13-15,21-22H,2,5-6,9H2,1H3,(H,17,19,23)/b4-3-/t10?,13-,14-,15-/m1/s1. The largest absolute Gasteiger partial charge is 0.463 e. The highest BCUT2D eigenvalue weighted by atomic mass is 16.6. The van der Waals surface area contributed by atoms with Gasteiger partial charge in [-0.15, -0.1) is 0 Å². The van der Waals surface area contributed by atoms with Gasteiger partial charge in [-0.1, -0.05) is 19.1 Å². The fourth-order valence-electron chi connectivity index (χ4n) is 2.46. The highest BCUT2D eigenvalue weighted by Crippen LogP contribution is 2.28. The second-order valence-corrected chi connectivity index (χ2v) is 5.67. The monoisotopic (exact) mass is 354 g/mol. The lowest BCUT2D eigenvalue weighted by atomic mass is 10.1. The van der Waals surface area contributed by atoms with Gasteiger partial charge in [0.1, 0.15) is 24.9 Å². The van der Waals surface area contributed by atoms with Crippen LogP contribution < -0.4 is 11.2 Å². The van der Waals surface area contributed by atoms with E-state index in [9.17, 15) is 24.6 Å². The summed E-state index contributed by atoms with van der Waals surface area (Å²) in [4.78, 5) is 36.5. The number of ether oxygens (including phenoxy) is 2. The maximum Gasteiger partial charge on any atom is 0.330 e. The third-order valence-electron chi connectivity index (χ3n) is 3.79. The van der Waals surface area contributed by atoms with E-state index in [0.717, 1.165) is 23.3 Å². The summed E-state index contributed by atoms with van der Waals surface area (Å²) in [7, 11) is 0. The molecule has 1 aromatic rings. The number of H-pyrrole nitrogens is 1. The lowest BCUT2D eigenvalue weighted by molar-refractivity contribution is -0.150. The van der Waals surface area contributed by atoms with Gasteiger partial charge in [0.15, 0.2) is 6.23 Å². The number of allylic oxidation sites excluding steroid dienone is 2. The van der Waals surface area contributed by atoms with E-state index >= 15 is 0 Å². The lowest BCUT2D eigenvalue weighted by Crippen LogP contribution is -2.37. The Bertz CT molecular complexity index is 724. The number of rotatable bonds is 7. The van der Waals surface area contributed by atoms with Crippen LogP contribution in [0.2, 0.25) is 0 Å². The van der Waals surface area contributed by atoms with Crippen LogP contribution >= 0.6 is 0 Å². The van der Waals surface area contributed by atoms with Crippen molar-refractivity contribution in [2.24, 2.45) is 0 Å². The zero-order valence-electron chi connectivity index (χ0n) is 13.8. The molecule has 1 fully saturated rings. The van der Waals surface area contributed by atoms with Crippen molar-refractivity contribution in [1.29, 1.82) is 0 Å². The Hall–Kier alpha value is -2.23. The van der Waals surface area contributed by atoms with Crippen molar-refractivity contribution >= 4 is 5.97 Å².